The van der Waals surface area contributed by atoms with E-state index in [9.17, 15) is 7.21 Å². The Hall–Kier alpha value is 0.284. The van der Waals surface area contributed by atoms with Crippen molar-refractivity contribution in [3.8, 4) is 0 Å². The predicted molar refractivity (Wildman–Crippen MR) is 3.33 cm³/mol. The first-order valence-electron chi connectivity index (χ1n) is 0.239. The van der Waals surface area contributed by atoms with Crippen LogP contribution >= 0.6 is 0 Å². The third-order valence-electron chi connectivity index (χ3n) is 0. The second kappa shape index (κ2) is 10.4. The second-order valence-corrected chi connectivity index (χ2v) is 0.186. The minimum Gasteiger partial charge on any atom is 1.00 e. The quantitative estimate of drug-likeness (QED) is 0.320. The summed E-state index contributed by atoms with van der Waals surface area (Å²) in [6.07, 6.45) is 0. The third-order valence-corrected chi connectivity index (χ3v) is 0. The SMILES string of the molecule is [F-].[F][Ni][F].[H+]. The first-order chi connectivity index (χ1) is 1.41. The minimum absolute atomic E-state index is 0. The smallest absolute Gasteiger partial charge is 1.00 e. The summed E-state index contributed by atoms with van der Waals surface area (Å²) < 4.78 is 19.1. The van der Waals surface area contributed by atoms with Gasteiger partial charge >= 0.3 is 24.0 Å². The molecule has 32 valence electrons. The maximum atomic E-state index is 9.56. The Morgan fingerprint density at radius 2 is 1.50 bits per heavy atom. The zero-order chi connectivity index (χ0) is 2.71. The number of halogens is 3. The van der Waals surface area contributed by atoms with Gasteiger partial charge in [-0.3, -0.25) is 0 Å². The van der Waals surface area contributed by atoms with Crippen molar-refractivity contribution in [1.29, 1.82) is 0 Å². The molecule has 0 N–H and O–H groups in total. The standard InChI is InChI=1S/3FH.Ni/h3*1H;/q;;;+2/p-2. The molecule has 4 heavy (non-hydrogen) atoms. The summed E-state index contributed by atoms with van der Waals surface area (Å²) in [5, 5.41) is 0. The van der Waals surface area contributed by atoms with Crippen molar-refractivity contribution in [1.82, 2.24) is 0 Å². The minimum atomic E-state index is -1.38. The molecule has 0 rings (SSSR count). The van der Waals surface area contributed by atoms with Crippen LogP contribution in [0.15, 0.2) is 0 Å². The summed E-state index contributed by atoms with van der Waals surface area (Å²) in [5.74, 6) is 0. The largest absolute Gasteiger partial charge is 1.00 e. The summed E-state index contributed by atoms with van der Waals surface area (Å²) >= 11 is -1.38. The molecule has 0 unspecified atom stereocenters. The van der Waals surface area contributed by atoms with E-state index in [4.69, 9.17) is 0 Å². The van der Waals surface area contributed by atoms with Gasteiger partial charge in [-0.1, -0.05) is 0 Å². The van der Waals surface area contributed by atoms with Crippen LogP contribution in [-0.2, 0) is 15.3 Å². The van der Waals surface area contributed by atoms with Gasteiger partial charge in [0.1, 0.15) is 0 Å². The van der Waals surface area contributed by atoms with E-state index >= 15 is 0 Å². The van der Waals surface area contributed by atoms with Crippen LogP contribution in [0.3, 0.4) is 0 Å². The van der Waals surface area contributed by atoms with E-state index < -0.39 is 15.3 Å². The molecular formula is HF3Ni. The molecular weight excluding hydrogens is 116 g/mol. The topological polar surface area (TPSA) is 0 Å². The van der Waals surface area contributed by atoms with E-state index in [-0.39, 0.29) is 6.13 Å². The van der Waals surface area contributed by atoms with E-state index in [0.717, 1.165) is 0 Å². The summed E-state index contributed by atoms with van der Waals surface area (Å²) in [7, 11) is 0. The van der Waals surface area contributed by atoms with Crippen molar-refractivity contribution in [2.75, 3.05) is 0 Å². The zero-order valence-electron chi connectivity index (χ0n) is 2.45. The van der Waals surface area contributed by atoms with Gasteiger partial charge in [-0.25, -0.2) is 0 Å². The Balaban J connectivity index is -0.0000000200. The summed E-state index contributed by atoms with van der Waals surface area (Å²) in [6.45, 7) is 0. The van der Waals surface area contributed by atoms with Crippen LogP contribution in [0.25, 0.3) is 0 Å². The maximum Gasteiger partial charge on any atom is 1.00 e. The van der Waals surface area contributed by atoms with Gasteiger partial charge in [0, 0.05) is 0 Å². The molecule has 0 aliphatic carbocycles. The molecule has 0 aromatic carbocycles. The van der Waals surface area contributed by atoms with Crippen LogP contribution in [0, 0.1) is 0 Å². The fourth-order valence-corrected chi connectivity index (χ4v) is 0. The Morgan fingerprint density at radius 1 is 1.50 bits per heavy atom. The fraction of sp³-hybridized carbons (Fsp3) is 0. The molecule has 0 amide bonds. The van der Waals surface area contributed by atoms with Crippen LogP contribution < -0.4 is 4.70 Å². The Kier molecular flexibility index (Phi) is 23.0. The van der Waals surface area contributed by atoms with Gasteiger partial charge in [0.05, 0.1) is 0 Å². The fourth-order valence-electron chi connectivity index (χ4n) is 0. The molecule has 0 atom stereocenters. The molecule has 0 saturated carbocycles. The van der Waals surface area contributed by atoms with Crippen LogP contribution in [0.5, 0.6) is 0 Å². The van der Waals surface area contributed by atoms with E-state index in [1.165, 1.54) is 0 Å². The van der Waals surface area contributed by atoms with Crippen molar-refractivity contribution >= 4 is 0 Å². The monoisotopic (exact) mass is 116 g/mol. The molecule has 0 nitrogen and oxygen atoms in total. The summed E-state index contributed by atoms with van der Waals surface area (Å²) in [4.78, 5) is 0. The van der Waals surface area contributed by atoms with Gasteiger partial charge in [-0.05, 0) is 0 Å². The van der Waals surface area contributed by atoms with Gasteiger partial charge in [0.15, 0.2) is 0 Å². The van der Waals surface area contributed by atoms with Gasteiger partial charge in [0.2, 0.25) is 0 Å². The number of hydrogen-bond donors (Lipinski definition) is 0. The van der Waals surface area contributed by atoms with E-state index in [0.29, 0.717) is 0 Å². The van der Waals surface area contributed by atoms with Crippen LogP contribution in [0.4, 0.5) is 7.21 Å². The molecule has 0 aromatic heterocycles. The van der Waals surface area contributed by atoms with Crippen molar-refractivity contribution in [3.05, 3.63) is 0 Å². The van der Waals surface area contributed by atoms with E-state index in [1.54, 1.807) is 0 Å². The predicted octanol–water partition coefficient (Wildman–Crippen LogP) is -2.05. The van der Waals surface area contributed by atoms with Crippen LogP contribution in [0.2, 0.25) is 0 Å². The summed E-state index contributed by atoms with van der Waals surface area (Å²) in [5.41, 5.74) is 0. The van der Waals surface area contributed by atoms with Gasteiger partial charge in [-0.2, -0.15) is 0 Å². The van der Waals surface area contributed by atoms with Crippen molar-refractivity contribution in [2.24, 2.45) is 0 Å². The van der Waals surface area contributed by atoms with Crippen LogP contribution in [0.1, 0.15) is 1.43 Å². The zero-order valence-corrected chi connectivity index (χ0v) is 2.44. The number of hydrogen-bond acceptors (Lipinski definition) is 0. The molecule has 0 aliphatic rings. The van der Waals surface area contributed by atoms with Gasteiger partial charge in [-0.15, -0.1) is 0 Å². The van der Waals surface area contributed by atoms with Crippen molar-refractivity contribution in [3.63, 3.8) is 0 Å². The molecule has 0 spiro atoms. The molecule has 0 aliphatic heterocycles. The van der Waals surface area contributed by atoms with Crippen molar-refractivity contribution in [2.45, 2.75) is 0 Å². The van der Waals surface area contributed by atoms with E-state index in [1.807, 2.05) is 0 Å². The maximum absolute atomic E-state index is 9.56. The van der Waals surface area contributed by atoms with Crippen LogP contribution in [-0.4, -0.2) is 0 Å². The van der Waals surface area contributed by atoms with Gasteiger partial charge in [0.25, 0.3) is 0 Å². The van der Waals surface area contributed by atoms with Crippen molar-refractivity contribution < 1.29 is 28.7 Å². The number of rotatable bonds is 0. The first kappa shape index (κ1) is 8.86. The summed E-state index contributed by atoms with van der Waals surface area (Å²) in [6, 6.07) is 0. The third kappa shape index (κ3) is 46.8. The second-order valence-electron chi connectivity index (χ2n) is 0.0452. The molecule has 0 aromatic rings. The Bertz CT molecular complexity index is 6.85. The average Bonchev–Trinajstić information content (AvgIpc) is 0.918. The normalized spacial score (nSPS) is 5.50. The molecule has 4 heteroatoms. The van der Waals surface area contributed by atoms with E-state index in [2.05, 4.69) is 0 Å². The Morgan fingerprint density at radius 3 is 1.50 bits per heavy atom. The molecule has 0 radical (unpaired) electrons. The first-order valence-corrected chi connectivity index (χ1v) is 0.986. The Labute approximate surface area is 29.7 Å². The molecule has 0 heterocycles. The van der Waals surface area contributed by atoms with Gasteiger partial charge < -0.3 is 4.70 Å². The average molecular weight is 117 g/mol. The molecule has 0 bridgehead atoms. The molecule has 0 fully saturated rings. The molecule has 0 saturated heterocycles.